The lowest BCUT2D eigenvalue weighted by molar-refractivity contribution is -0.120. The van der Waals surface area contributed by atoms with E-state index in [1.807, 2.05) is 0 Å². The molecule has 0 aliphatic rings. The standard InChI is InChI=1S/C15H29ClO/c1-3-5-7-9-11-14(15(17)13-16)12-10-8-6-4-2/h14H,3-13H2,1-2H3. The Hall–Kier alpha value is -0.0400. The SMILES string of the molecule is CCCCCCC(CCCCCC)C(=O)CCl. The van der Waals surface area contributed by atoms with E-state index in [0.717, 1.165) is 12.8 Å². The molecule has 1 nitrogen and oxygen atoms in total. The molecule has 17 heavy (non-hydrogen) atoms. The summed E-state index contributed by atoms with van der Waals surface area (Å²) in [7, 11) is 0. The highest BCUT2D eigenvalue weighted by molar-refractivity contribution is 6.27. The Labute approximate surface area is 112 Å². The second-order valence-electron chi connectivity index (χ2n) is 5.00. The van der Waals surface area contributed by atoms with Gasteiger partial charge in [0.2, 0.25) is 0 Å². The second kappa shape index (κ2) is 12.4. The zero-order valence-corrected chi connectivity index (χ0v) is 12.4. The first-order valence-corrected chi connectivity index (χ1v) is 7.88. The van der Waals surface area contributed by atoms with Gasteiger partial charge in [-0.2, -0.15) is 0 Å². The van der Waals surface area contributed by atoms with Gasteiger partial charge >= 0.3 is 0 Å². The number of carbonyl (C=O) groups is 1. The summed E-state index contributed by atoms with van der Waals surface area (Å²) in [5.74, 6) is 0.701. The van der Waals surface area contributed by atoms with Crippen LogP contribution in [0.4, 0.5) is 0 Å². The molecule has 0 saturated carbocycles. The normalized spacial score (nSPS) is 11.1. The smallest absolute Gasteiger partial charge is 0.150 e. The Morgan fingerprint density at radius 1 is 0.882 bits per heavy atom. The summed E-state index contributed by atoms with van der Waals surface area (Å²) in [6, 6.07) is 0. The topological polar surface area (TPSA) is 17.1 Å². The van der Waals surface area contributed by atoms with E-state index in [1.54, 1.807) is 0 Å². The highest BCUT2D eigenvalue weighted by Crippen LogP contribution is 2.19. The van der Waals surface area contributed by atoms with E-state index < -0.39 is 0 Å². The van der Waals surface area contributed by atoms with Crippen LogP contribution in [0.5, 0.6) is 0 Å². The number of rotatable bonds is 12. The molecule has 0 bridgehead atoms. The lowest BCUT2D eigenvalue weighted by Gasteiger charge is -2.14. The van der Waals surface area contributed by atoms with Gasteiger partial charge in [0.05, 0.1) is 5.88 Å². The lowest BCUT2D eigenvalue weighted by Crippen LogP contribution is -2.16. The van der Waals surface area contributed by atoms with Crippen molar-refractivity contribution < 1.29 is 4.79 Å². The Morgan fingerprint density at radius 2 is 1.35 bits per heavy atom. The predicted molar refractivity (Wildman–Crippen MR) is 76.7 cm³/mol. The summed E-state index contributed by atoms with van der Waals surface area (Å²) in [4.78, 5) is 11.7. The van der Waals surface area contributed by atoms with Crippen LogP contribution in [0.2, 0.25) is 0 Å². The van der Waals surface area contributed by atoms with Crippen LogP contribution in [-0.4, -0.2) is 11.7 Å². The molecule has 0 rings (SSSR count). The van der Waals surface area contributed by atoms with Gasteiger partial charge in [-0.05, 0) is 12.8 Å². The van der Waals surface area contributed by atoms with Crippen molar-refractivity contribution in [3.05, 3.63) is 0 Å². The van der Waals surface area contributed by atoms with Gasteiger partial charge in [-0.1, -0.05) is 65.2 Å². The van der Waals surface area contributed by atoms with E-state index in [4.69, 9.17) is 11.6 Å². The molecule has 0 aromatic rings. The summed E-state index contributed by atoms with van der Waals surface area (Å²) in [6.07, 6.45) is 12.1. The quantitative estimate of drug-likeness (QED) is 0.341. The van der Waals surface area contributed by atoms with E-state index in [-0.39, 0.29) is 17.6 Å². The van der Waals surface area contributed by atoms with E-state index in [2.05, 4.69) is 13.8 Å². The molecule has 0 amide bonds. The molecule has 0 N–H and O–H groups in total. The van der Waals surface area contributed by atoms with Gasteiger partial charge in [0.1, 0.15) is 0 Å². The first kappa shape index (κ1) is 17.0. The third-order valence-corrected chi connectivity index (χ3v) is 3.66. The predicted octanol–water partition coefficient (Wildman–Crippen LogP) is 5.35. The average Bonchev–Trinajstić information content (AvgIpc) is 2.36. The van der Waals surface area contributed by atoms with Gasteiger partial charge < -0.3 is 0 Å². The number of alkyl halides is 1. The summed E-state index contributed by atoms with van der Waals surface area (Å²) in [5.41, 5.74) is 0. The largest absolute Gasteiger partial charge is 0.298 e. The zero-order valence-electron chi connectivity index (χ0n) is 11.6. The fraction of sp³-hybridized carbons (Fsp3) is 0.933. The van der Waals surface area contributed by atoms with Crippen molar-refractivity contribution in [2.24, 2.45) is 5.92 Å². The van der Waals surface area contributed by atoms with Crippen molar-refractivity contribution in [2.45, 2.75) is 78.1 Å². The third kappa shape index (κ3) is 9.64. The van der Waals surface area contributed by atoms with Crippen LogP contribution in [0.25, 0.3) is 0 Å². The summed E-state index contributed by atoms with van der Waals surface area (Å²) >= 11 is 5.68. The van der Waals surface area contributed by atoms with E-state index >= 15 is 0 Å². The zero-order chi connectivity index (χ0) is 12.9. The Balaban J connectivity index is 3.76. The monoisotopic (exact) mass is 260 g/mol. The van der Waals surface area contributed by atoms with Crippen LogP contribution in [0.15, 0.2) is 0 Å². The molecule has 102 valence electrons. The molecular weight excluding hydrogens is 232 g/mol. The molecule has 0 aromatic carbocycles. The number of unbranched alkanes of at least 4 members (excludes halogenated alkanes) is 6. The maximum absolute atomic E-state index is 11.7. The minimum absolute atomic E-state index is 0.201. The number of halogens is 1. The molecule has 0 aliphatic carbocycles. The van der Waals surface area contributed by atoms with Gasteiger partial charge in [-0.15, -0.1) is 11.6 Å². The maximum Gasteiger partial charge on any atom is 0.150 e. The first-order valence-electron chi connectivity index (χ1n) is 7.34. The molecule has 0 radical (unpaired) electrons. The Morgan fingerprint density at radius 3 is 1.71 bits per heavy atom. The van der Waals surface area contributed by atoms with Crippen molar-refractivity contribution in [2.75, 3.05) is 5.88 Å². The second-order valence-corrected chi connectivity index (χ2v) is 5.26. The number of hydrogen-bond acceptors (Lipinski definition) is 1. The number of carbonyl (C=O) groups excluding carboxylic acids is 1. The van der Waals surface area contributed by atoms with Crippen LogP contribution >= 0.6 is 11.6 Å². The van der Waals surface area contributed by atoms with E-state index in [0.29, 0.717) is 0 Å². The first-order chi connectivity index (χ1) is 8.26. The summed E-state index contributed by atoms with van der Waals surface area (Å²) < 4.78 is 0. The van der Waals surface area contributed by atoms with Crippen molar-refractivity contribution in [1.29, 1.82) is 0 Å². The van der Waals surface area contributed by atoms with Gasteiger partial charge in [0.15, 0.2) is 5.78 Å². The van der Waals surface area contributed by atoms with Crippen LogP contribution in [0.3, 0.4) is 0 Å². The van der Waals surface area contributed by atoms with Gasteiger partial charge in [-0.3, -0.25) is 4.79 Å². The van der Waals surface area contributed by atoms with Crippen molar-refractivity contribution in [3.8, 4) is 0 Å². The van der Waals surface area contributed by atoms with Crippen LogP contribution in [-0.2, 0) is 4.79 Å². The number of ketones is 1. The summed E-state index contributed by atoms with van der Waals surface area (Å²) in [5, 5.41) is 0. The minimum atomic E-state index is 0.201. The van der Waals surface area contributed by atoms with Crippen LogP contribution < -0.4 is 0 Å². The van der Waals surface area contributed by atoms with Crippen molar-refractivity contribution in [3.63, 3.8) is 0 Å². The fourth-order valence-electron chi connectivity index (χ4n) is 2.21. The van der Waals surface area contributed by atoms with Crippen molar-refractivity contribution in [1.82, 2.24) is 0 Å². The Bertz CT molecular complexity index is 168. The molecule has 0 fully saturated rings. The van der Waals surface area contributed by atoms with Gasteiger partial charge in [0.25, 0.3) is 0 Å². The number of Topliss-reactive ketones (excluding diaryl/α,β-unsaturated/α-hetero) is 1. The van der Waals surface area contributed by atoms with Gasteiger partial charge in [0, 0.05) is 5.92 Å². The van der Waals surface area contributed by atoms with E-state index in [1.165, 1.54) is 51.4 Å². The molecule has 0 aromatic heterocycles. The van der Waals surface area contributed by atoms with Crippen molar-refractivity contribution >= 4 is 17.4 Å². The molecule has 0 atom stereocenters. The Kier molecular flexibility index (Phi) is 12.4. The third-order valence-electron chi connectivity index (χ3n) is 3.40. The highest BCUT2D eigenvalue weighted by Gasteiger charge is 2.16. The molecule has 0 unspecified atom stereocenters. The minimum Gasteiger partial charge on any atom is -0.298 e. The van der Waals surface area contributed by atoms with E-state index in [9.17, 15) is 4.79 Å². The molecule has 0 heterocycles. The highest BCUT2D eigenvalue weighted by atomic mass is 35.5. The molecular formula is C15H29ClO. The molecule has 0 spiro atoms. The average molecular weight is 261 g/mol. The molecule has 2 heteroatoms. The maximum atomic E-state index is 11.7. The lowest BCUT2D eigenvalue weighted by atomic mass is 9.91. The number of hydrogen-bond donors (Lipinski definition) is 0. The summed E-state index contributed by atoms with van der Waals surface area (Å²) in [6.45, 7) is 4.43. The molecule has 0 saturated heterocycles. The van der Waals surface area contributed by atoms with Gasteiger partial charge in [-0.25, -0.2) is 0 Å². The van der Waals surface area contributed by atoms with Crippen LogP contribution in [0, 0.1) is 5.92 Å². The van der Waals surface area contributed by atoms with Crippen LogP contribution in [0.1, 0.15) is 78.1 Å². The fourth-order valence-corrected chi connectivity index (χ4v) is 2.43. The molecule has 0 aliphatic heterocycles.